The molecular formula is C20H20FN3O3S. The number of hydrogen-bond acceptors (Lipinski definition) is 4. The third-order valence-corrected chi connectivity index (χ3v) is 4.71. The highest BCUT2D eigenvalue weighted by Gasteiger charge is 2.12. The Morgan fingerprint density at radius 3 is 2.71 bits per heavy atom. The molecule has 0 aliphatic rings. The summed E-state index contributed by atoms with van der Waals surface area (Å²) in [5.41, 5.74) is 0.445. The average Bonchev–Trinajstić information content (AvgIpc) is 2.69. The molecule has 3 aromatic rings. The monoisotopic (exact) mass is 401 g/mol. The van der Waals surface area contributed by atoms with Gasteiger partial charge in [-0.25, -0.2) is 4.39 Å². The van der Waals surface area contributed by atoms with Gasteiger partial charge >= 0.3 is 0 Å². The number of hydrogen-bond donors (Lipinski definition) is 1. The molecule has 3 rings (SSSR count). The van der Waals surface area contributed by atoms with Gasteiger partial charge in [-0.1, -0.05) is 24.3 Å². The summed E-state index contributed by atoms with van der Waals surface area (Å²) in [4.78, 5) is 29.4. The number of ether oxygens (including phenoxy) is 1. The number of H-pyrrole nitrogens is 1. The predicted molar refractivity (Wildman–Crippen MR) is 108 cm³/mol. The van der Waals surface area contributed by atoms with Crippen molar-refractivity contribution in [2.24, 2.45) is 0 Å². The van der Waals surface area contributed by atoms with Crippen LogP contribution in [-0.2, 0) is 11.3 Å². The summed E-state index contributed by atoms with van der Waals surface area (Å²) >= 11 is 5.25. The molecule has 1 N–H and O–H groups in total. The number of para-hydroxylation sites is 2. The number of halogens is 1. The second kappa shape index (κ2) is 8.79. The van der Waals surface area contributed by atoms with Crippen LogP contribution in [-0.4, -0.2) is 40.6 Å². The maximum absolute atomic E-state index is 13.5. The van der Waals surface area contributed by atoms with E-state index in [0.717, 1.165) is 0 Å². The second-order valence-corrected chi connectivity index (χ2v) is 6.66. The standard InChI is InChI=1S/C20H20FN3O3S/c1-23(12-13-27-17-9-5-3-7-15(17)21)18(25)10-11-24-19(26)14-6-2-4-8-16(14)22-20(24)28/h2-9H,10-13H2,1H3,(H,22,28). The van der Waals surface area contributed by atoms with E-state index in [1.807, 2.05) is 6.07 Å². The van der Waals surface area contributed by atoms with Gasteiger partial charge in [0, 0.05) is 20.0 Å². The summed E-state index contributed by atoms with van der Waals surface area (Å²) in [6.07, 6.45) is 0.117. The normalized spacial score (nSPS) is 10.8. The Morgan fingerprint density at radius 2 is 1.93 bits per heavy atom. The number of aromatic nitrogens is 2. The van der Waals surface area contributed by atoms with E-state index >= 15 is 0 Å². The number of benzene rings is 2. The summed E-state index contributed by atoms with van der Waals surface area (Å²) < 4.78 is 20.5. The Kier molecular flexibility index (Phi) is 6.20. The van der Waals surface area contributed by atoms with Gasteiger partial charge in [0.1, 0.15) is 6.61 Å². The first-order valence-electron chi connectivity index (χ1n) is 8.80. The quantitative estimate of drug-likeness (QED) is 0.618. The summed E-state index contributed by atoms with van der Waals surface area (Å²) in [5, 5.41) is 0.523. The molecule has 6 nitrogen and oxygen atoms in total. The van der Waals surface area contributed by atoms with Crippen molar-refractivity contribution in [2.75, 3.05) is 20.2 Å². The fourth-order valence-corrected chi connectivity index (χ4v) is 3.06. The fraction of sp³-hybridized carbons (Fsp3) is 0.250. The molecule has 0 spiro atoms. The average molecular weight is 401 g/mol. The minimum Gasteiger partial charge on any atom is -0.489 e. The Bertz CT molecular complexity index is 1110. The molecule has 0 aliphatic heterocycles. The van der Waals surface area contributed by atoms with Crippen molar-refractivity contribution >= 4 is 29.0 Å². The van der Waals surface area contributed by atoms with Gasteiger partial charge in [-0.15, -0.1) is 0 Å². The van der Waals surface area contributed by atoms with Crippen LogP contribution in [0.2, 0.25) is 0 Å². The molecule has 28 heavy (non-hydrogen) atoms. The lowest BCUT2D eigenvalue weighted by molar-refractivity contribution is -0.130. The molecule has 0 atom stereocenters. The minimum atomic E-state index is -0.443. The molecule has 0 saturated heterocycles. The van der Waals surface area contributed by atoms with E-state index in [0.29, 0.717) is 17.4 Å². The first kappa shape index (κ1) is 19.8. The number of fused-ring (bicyclic) bond motifs is 1. The summed E-state index contributed by atoms with van der Waals surface area (Å²) in [5.74, 6) is -0.453. The Morgan fingerprint density at radius 1 is 1.21 bits per heavy atom. The highest BCUT2D eigenvalue weighted by Crippen LogP contribution is 2.15. The zero-order chi connectivity index (χ0) is 20.1. The molecule has 0 unspecified atom stereocenters. The molecule has 146 valence electrons. The molecule has 1 aromatic heterocycles. The van der Waals surface area contributed by atoms with Crippen LogP contribution in [0.1, 0.15) is 6.42 Å². The molecule has 0 saturated carbocycles. The molecule has 0 radical (unpaired) electrons. The third-order valence-electron chi connectivity index (χ3n) is 4.39. The van der Waals surface area contributed by atoms with Crippen molar-refractivity contribution in [3.05, 3.63) is 69.5 Å². The van der Waals surface area contributed by atoms with Gasteiger partial charge < -0.3 is 14.6 Å². The number of amides is 1. The van der Waals surface area contributed by atoms with Crippen LogP contribution >= 0.6 is 12.2 Å². The Hall–Kier alpha value is -3.00. The van der Waals surface area contributed by atoms with Gasteiger partial charge in [0.2, 0.25) is 5.91 Å². The summed E-state index contributed by atoms with van der Waals surface area (Å²) in [6, 6.07) is 13.2. The molecule has 8 heteroatoms. The highest BCUT2D eigenvalue weighted by molar-refractivity contribution is 7.71. The van der Waals surface area contributed by atoms with Crippen molar-refractivity contribution in [3.63, 3.8) is 0 Å². The van der Waals surface area contributed by atoms with Crippen LogP contribution in [0.4, 0.5) is 4.39 Å². The van der Waals surface area contributed by atoms with E-state index in [-0.39, 0.29) is 41.6 Å². The smallest absolute Gasteiger partial charge is 0.262 e. The highest BCUT2D eigenvalue weighted by atomic mass is 32.1. The number of likely N-dealkylation sites (N-methyl/N-ethyl adjacent to an activating group) is 1. The van der Waals surface area contributed by atoms with Gasteiger partial charge in [-0.2, -0.15) is 0 Å². The van der Waals surface area contributed by atoms with E-state index in [9.17, 15) is 14.0 Å². The SMILES string of the molecule is CN(CCOc1ccccc1F)C(=O)CCn1c(=S)[nH]c2ccccc2c1=O. The topological polar surface area (TPSA) is 67.3 Å². The second-order valence-electron chi connectivity index (χ2n) is 6.28. The van der Waals surface area contributed by atoms with Crippen LogP contribution < -0.4 is 10.3 Å². The largest absolute Gasteiger partial charge is 0.489 e. The zero-order valence-electron chi connectivity index (χ0n) is 15.4. The van der Waals surface area contributed by atoms with Gasteiger partial charge in [-0.3, -0.25) is 14.2 Å². The van der Waals surface area contributed by atoms with Gasteiger partial charge in [-0.05, 0) is 36.5 Å². The number of rotatable bonds is 7. The maximum Gasteiger partial charge on any atom is 0.262 e. The number of nitrogens with zero attached hydrogens (tertiary/aromatic N) is 2. The van der Waals surface area contributed by atoms with Gasteiger partial charge in [0.05, 0.1) is 17.4 Å². The molecule has 0 fully saturated rings. The minimum absolute atomic E-state index is 0.117. The van der Waals surface area contributed by atoms with Crippen molar-refractivity contribution in [1.82, 2.24) is 14.5 Å². The first-order valence-corrected chi connectivity index (χ1v) is 9.21. The fourth-order valence-electron chi connectivity index (χ4n) is 2.78. The third kappa shape index (κ3) is 4.45. The number of carbonyl (C=O) groups excluding carboxylic acids is 1. The van der Waals surface area contributed by atoms with Crippen LogP contribution in [0.15, 0.2) is 53.3 Å². The summed E-state index contributed by atoms with van der Waals surface area (Å²) in [7, 11) is 1.64. The van der Waals surface area contributed by atoms with E-state index in [4.69, 9.17) is 17.0 Å². The van der Waals surface area contributed by atoms with E-state index in [2.05, 4.69) is 4.98 Å². The van der Waals surface area contributed by atoms with E-state index in [1.165, 1.54) is 21.6 Å². The van der Waals surface area contributed by atoms with Crippen molar-refractivity contribution < 1.29 is 13.9 Å². The zero-order valence-corrected chi connectivity index (χ0v) is 16.2. The Balaban J connectivity index is 1.58. The summed E-state index contributed by atoms with van der Waals surface area (Å²) in [6.45, 7) is 0.641. The molecular weight excluding hydrogens is 381 g/mol. The van der Waals surface area contributed by atoms with E-state index < -0.39 is 5.82 Å². The van der Waals surface area contributed by atoms with Crippen molar-refractivity contribution in [1.29, 1.82) is 0 Å². The maximum atomic E-state index is 13.5. The molecule has 1 heterocycles. The van der Waals surface area contributed by atoms with Crippen LogP contribution in [0.5, 0.6) is 5.75 Å². The van der Waals surface area contributed by atoms with Crippen LogP contribution in [0, 0.1) is 10.6 Å². The van der Waals surface area contributed by atoms with Gasteiger partial charge in [0.15, 0.2) is 16.3 Å². The number of aromatic amines is 1. The van der Waals surface area contributed by atoms with E-state index in [1.54, 1.807) is 37.4 Å². The lowest BCUT2D eigenvalue weighted by Crippen LogP contribution is -2.33. The molecule has 1 amide bonds. The lowest BCUT2D eigenvalue weighted by atomic mass is 10.2. The lowest BCUT2D eigenvalue weighted by Gasteiger charge is -2.18. The van der Waals surface area contributed by atoms with Crippen molar-refractivity contribution in [2.45, 2.75) is 13.0 Å². The van der Waals surface area contributed by atoms with Crippen molar-refractivity contribution in [3.8, 4) is 5.75 Å². The molecule has 2 aromatic carbocycles. The van der Waals surface area contributed by atoms with Gasteiger partial charge in [0.25, 0.3) is 5.56 Å². The number of carbonyl (C=O) groups is 1. The number of nitrogens with one attached hydrogen (secondary N) is 1. The predicted octanol–water partition coefficient (Wildman–Crippen LogP) is 3.13. The van der Waals surface area contributed by atoms with Crippen LogP contribution in [0.3, 0.4) is 0 Å². The molecule has 0 bridgehead atoms. The van der Waals surface area contributed by atoms with Crippen LogP contribution in [0.25, 0.3) is 10.9 Å². The first-order chi connectivity index (χ1) is 13.5. The Labute approximate surface area is 166 Å². The molecule has 0 aliphatic carbocycles.